The lowest BCUT2D eigenvalue weighted by Crippen LogP contribution is -2.26. The van der Waals surface area contributed by atoms with Crippen LogP contribution in [0.3, 0.4) is 0 Å². The normalized spacial score (nSPS) is 10.7. The third kappa shape index (κ3) is 4.87. The summed E-state index contributed by atoms with van der Waals surface area (Å²) in [6.07, 6.45) is 5.18. The molecule has 0 unspecified atom stereocenters. The first-order valence-electron chi connectivity index (χ1n) is 8.30. The van der Waals surface area contributed by atoms with Crippen LogP contribution in [0, 0.1) is 12.0 Å². The van der Waals surface area contributed by atoms with Gasteiger partial charge in [0.25, 0.3) is 10.0 Å². The van der Waals surface area contributed by atoms with Gasteiger partial charge in [-0.3, -0.25) is 0 Å². The van der Waals surface area contributed by atoms with E-state index in [0.29, 0.717) is 12.1 Å². The summed E-state index contributed by atoms with van der Waals surface area (Å²) in [5.41, 5.74) is 0.558. The predicted molar refractivity (Wildman–Crippen MR) is 99.1 cm³/mol. The van der Waals surface area contributed by atoms with E-state index in [2.05, 4.69) is 18.9 Å². The Bertz CT molecular complexity index is 775. The maximum absolute atomic E-state index is 12.9. The highest BCUT2D eigenvalue weighted by Gasteiger charge is 2.23. The van der Waals surface area contributed by atoms with Crippen molar-refractivity contribution in [2.75, 3.05) is 4.31 Å². The van der Waals surface area contributed by atoms with Crippen molar-refractivity contribution in [3.8, 4) is 12.0 Å². The maximum Gasteiger partial charge on any atom is 0.275 e. The minimum absolute atomic E-state index is 0.245. The molecule has 0 heterocycles. The summed E-state index contributed by atoms with van der Waals surface area (Å²) in [4.78, 5) is 0.245. The fourth-order valence-corrected chi connectivity index (χ4v) is 3.59. The smallest absolute Gasteiger partial charge is 0.200 e. The zero-order chi connectivity index (χ0) is 17.3. The van der Waals surface area contributed by atoms with Crippen molar-refractivity contribution in [3.63, 3.8) is 0 Å². The summed E-state index contributed by atoms with van der Waals surface area (Å²) in [6, 6.07) is 20.3. The Kier molecular flexibility index (Phi) is 6.89. The Morgan fingerprint density at radius 1 is 0.875 bits per heavy atom. The first-order valence-corrected chi connectivity index (χ1v) is 9.74. The van der Waals surface area contributed by atoms with Gasteiger partial charge in [0.2, 0.25) is 0 Å². The molecule has 0 N–H and O–H groups in total. The van der Waals surface area contributed by atoms with Crippen LogP contribution in [0.15, 0.2) is 65.6 Å². The van der Waals surface area contributed by atoms with Gasteiger partial charge in [0.15, 0.2) is 0 Å². The third-order valence-corrected chi connectivity index (χ3v) is 5.26. The van der Waals surface area contributed by atoms with Gasteiger partial charge in [-0.2, -0.15) is 4.31 Å². The number of anilines is 1. The molecule has 0 aromatic heterocycles. The number of rotatable bonds is 7. The second-order valence-electron chi connectivity index (χ2n) is 5.52. The molecule has 0 aliphatic heterocycles. The molecule has 0 atom stereocenters. The molecular weight excluding hydrogens is 318 g/mol. The monoisotopic (exact) mass is 341 g/mol. The minimum Gasteiger partial charge on any atom is -0.200 e. The van der Waals surface area contributed by atoms with E-state index in [0.717, 1.165) is 12.8 Å². The van der Waals surface area contributed by atoms with Crippen LogP contribution in [-0.2, 0) is 10.0 Å². The van der Waals surface area contributed by atoms with Gasteiger partial charge in [-0.15, -0.1) is 0 Å². The molecule has 2 rings (SSSR count). The molecule has 24 heavy (non-hydrogen) atoms. The summed E-state index contributed by atoms with van der Waals surface area (Å²) < 4.78 is 27.0. The Morgan fingerprint density at radius 3 is 2.12 bits per heavy atom. The molecule has 0 bridgehead atoms. The van der Waals surface area contributed by atoms with Gasteiger partial charge in [0.1, 0.15) is 0 Å². The molecule has 3 nitrogen and oxygen atoms in total. The summed E-state index contributed by atoms with van der Waals surface area (Å²) in [5.74, 6) is 3.02. The first-order chi connectivity index (χ1) is 11.7. The molecule has 0 fully saturated rings. The molecule has 126 valence electrons. The molecule has 0 aliphatic rings. The molecular formula is C20H23NO2S. The van der Waals surface area contributed by atoms with E-state index in [4.69, 9.17) is 0 Å². The molecule has 2 aromatic carbocycles. The Balaban J connectivity index is 2.26. The third-order valence-electron chi connectivity index (χ3n) is 3.61. The number of para-hydroxylation sites is 1. The highest BCUT2D eigenvalue weighted by Crippen LogP contribution is 2.22. The van der Waals surface area contributed by atoms with Crippen LogP contribution < -0.4 is 4.31 Å². The van der Waals surface area contributed by atoms with E-state index < -0.39 is 10.0 Å². The summed E-state index contributed by atoms with van der Waals surface area (Å²) in [7, 11) is -3.69. The van der Waals surface area contributed by atoms with Crippen LogP contribution in [-0.4, -0.2) is 8.42 Å². The maximum atomic E-state index is 12.9. The summed E-state index contributed by atoms with van der Waals surface area (Å²) in [6.45, 7) is 2.16. The molecule has 0 radical (unpaired) electrons. The Morgan fingerprint density at radius 2 is 1.50 bits per heavy atom. The van der Waals surface area contributed by atoms with E-state index in [9.17, 15) is 8.42 Å². The second kappa shape index (κ2) is 9.14. The minimum atomic E-state index is -3.69. The summed E-state index contributed by atoms with van der Waals surface area (Å²) in [5, 5.41) is 0. The zero-order valence-corrected chi connectivity index (χ0v) is 14.8. The van der Waals surface area contributed by atoms with Gasteiger partial charge in [-0.1, -0.05) is 68.5 Å². The number of hydrogen-bond donors (Lipinski definition) is 0. The average molecular weight is 341 g/mol. The molecule has 0 spiro atoms. The molecule has 0 aliphatic carbocycles. The standard InChI is InChI=1S/C20H23NO2S/c1-2-3-4-5-6-13-18-21(19-14-9-7-10-15-19)24(22,23)20-16-11-8-12-17-20/h7-12,14-17H,2-6H2,1H3. The van der Waals surface area contributed by atoms with Crippen LogP contribution in [0.1, 0.15) is 39.0 Å². The van der Waals surface area contributed by atoms with Crippen molar-refractivity contribution in [1.29, 1.82) is 0 Å². The van der Waals surface area contributed by atoms with Crippen molar-refractivity contribution < 1.29 is 8.42 Å². The Labute approximate surface area is 145 Å². The lowest BCUT2D eigenvalue weighted by molar-refractivity contribution is 0.596. The van der Waals surface area contributed by atoms with E-state index >= 15 is 0 Å². The molecule has 0 saturated carbocycles. The van der Waals surface area contributed by atoms with Gasteiger partial charge >= 0.3 is 0 Å². The van der Waals surface area contributed by atoms with Gasteiger partial charge in [-0.05, 0) is 30.7 Å². The van der Waals surface area contributed by atoms with Gasteiger partial charge in [0, 0.05) is 12.5 Å². The van der Waals surface area contributed by atoms with Crippen molar-refractivity contribution in [1.82, 2.24) is 0 Å². The van der Waals surface area contributed by atoms with Crippen molar-refractivity contribution in [2.45, 2.75) is 43.9 Å². The first kappa shape index (κ1) is 18.1. The van der Waals surface area contributed by atoms with E-state index in [1.54, 1.807) is 42.5 Å². The Hall–Kier alpha value is -2.25. The largest absolute Gasteiger partial charge is 0.275 e. The lowest BCUT2D eigenvalue weighted by Gasteiger charge is -2.17. The summed E-state index contributed by atoms with van der Waals surface area (Å²) >= 11 is 0. The van der Waals surface area contributed by atoms with Crippen LogP contribution in [0.5, 0.6) is 0 Å². The van der Waals surface area contributed by atoms with Crippen LogP contribution in [0.2, 0.25) is 0 Å². The molecule has 0 amide bonds. The predicted octanol–water partition coefficient (Wildman–Crippen LogP) is 4.81. The quantitative estimate of drug-likeness (QED) is 0.411. The van der Waals surface area contributed by atoms with Crippen LogP contribution in [0.4, 0.5) is 5.69 Å². The second-order valence-corrected chi connectivity index (χ2v) is 7.30. The topological polar surface area (TPSA) is 37.4 Å². The van der Waals surface area contributed by atoms with Crippen LogP contribution in [0.25, 0.3) is 0 Å². The SMILES string of the molecule is CCCCCCC#CN(c1ccccc1)S(=O)(=O)c1ccccc1. The lowest BCUT2D eigenvalue weighted by atomic mass is 10.2. The average Bonchev–Trinajstić information content (AvgIpc) is 2.62. The van der Waals surface area contributed by atoms with Crippen molar-refractivity contribution >= 4 is 15.7 Å². The van der Waals surface area contributed by atoms with Gasteiger partial charge < -0.3 is 0 Å². The number of unbranched alkanes of at least 4 members (excludes halogenated alkanes) is 4. The highest BCUT2D eigenvalue weighted by atomic mass is 32.2. The van der Waals surface area contributed by atoms with Gasteiger partial charge in [-0.25, -0.2) is 8.42 Å². The number of benzene rings is 2. The van der Waals surface area contributed by atoms with E-state index in [1.807, 2.05) is 18.2 Å². The highest BCUT2D eigenvalue weighted by molar-refractivity contribution is 7.93. The number of hydrogen-bond acceptors (Lipinski definition) is 2. The molecule has 0 saturated heterocycles. The van der Waals surface area contributed by atoms with E-state index in [-0.39, 0.29) is 4.90 Å². The van der Waals surface area contributed by atoms with Gasteiger partial charge in [0.05, 0.1) is 10.6 Å². The van der Waals surface area contributed by atoms with Crippen LogP contribution >= 0.6 is 0 Å². The van der Waals surface area contributed by atoms with Crippen molar-refractivity contribution in [2.24, 2.45) is 0 Å². The fraction of sp³-hybridized carbons (Fsp3) is 0.300. The zero-order valence-electron chi connectivity index (χ0n) is 14.0. The molecule has 2 aromatic rings. The fourth-order valence-electron chi connectivity index (χ4n) is 2.29. The van der Waals surface area contributed by atoms with E-state index in [1.165, 1.54) is 17.1 Å². The number of sulfonamides is 1. The molecule has 4 heteroatoms. The van der Waals surface area contributed by atoms with Crippen molar-refractivity contribution in [3.05, 3.63) is 60.7 Å². The number of nitrogens with zero attached hydrogens (tertiary/aromatic N) is 1.